The molecule has 1 aliphatic heterocycles. The zero-order valence-electron chi connectivity index (χ0n) is 6.75. The summed E-state index contributed by atoms with van der Waals surface area (Å²) in [7, 11) is 0. The van der Waals surface area contributed by atoms with E-state index < -0.39 is 23.3 Å². The van der Waals surface area contributed by atoms with Crippen LogP contribution in [0.4, 0.5) is 8.78 Å². The first-order valence-corrected chi connectivity index (χ1v) is 3.72. The van der Waals surface area contributed by atoms with Crippen LogP contribution >= 0.6 is 0 Å². The zero-order chi connectivity index (χ0) is 10.3. The number of rotatable bonds is 0. The molecule has 0 spiro atoms. The lowest BCUT2D eigenvalue weighted by Gasteiger charge is -1.99. The average Bonchev–Trinajstić information content (AvgIpc) is 2.16. The average molecular weight is 195 g/mol. The Bertz CT molecular complexity index is 563. The second kappa shape index (κ2) is 2.80. The van der Waals surface area contributed by atoms with E-state index in [1.807, 2.05) is 0 Å². The summed E-state index contributed by atoms with van der Waals surface area (Å²) < 4.78 is 25.8. The normalized spacial score (nSPS) is 15.1. The van der Waals surface area contributed by atoms with Crippen molar-refractivity contribution in [3.8, 4) is 0 Å². The maximum atomic E-state index is 13.1. The van der Waals surface area contributed by atoms with Crippen molar-refractivity contribution in [3.63, 3.8) is 0 Å². The Balaban J connectivity index is 2.95. The van der Waals surface area contributed by atoms with E-state index >= 15 is 0 Å². The lowest BCUT2D eigenvalue weighted by atomic mass is 10.1. The third-order valence-corrected chi connectivity index (χ3v) is 1.81. The first kappa shape index (κ1) is 8.68. The monoisotopic (exact) mass is 195 g/mol. The number of halogens is 2. The first-order chi connectivity index (χ1) is 6.59. The highest BCUT2D eigenvalue weighted by molar-refractivity contribution is 6.50. The van der Waals surface area contributed by atoms with Gasteiger partial charge in [0.1, 0.15) is 5.82 Å². The van der Waals surface area contributed by atoms with Gasteiger partial charge in [-0.3, -0.25) is 9.59 Å². The van der Waals surface area contributed by atoms with E-state index in [9.17, 15) is 18.4 Å². The maximum Gasteiger partial charge on any atom is 0.321 e. The van der Waals surface area contributed by atoms with Gasteiger partial charge in [0.2, 0.25) is 0 Å². The van der Waals surface area contributed by atoms with E-state index in [2.05, 4.69) is 4.99 Å². The maximum absolute atomic E-state index is 13.1. The molecular formula is C9H3F2NO2. The Labute approximate surface area is 76.4 Å². The number of ketones is 1. The van der Waals surface area contributed by atoms with Crippen molar-refractivity contribution in [2.75, 3.05) is 0 Å². The molecule has 0 aliphatic carbocycles. The van der Waals surface area contributed by atoms with Gasteiger partial charge in [-0.25, -0.2) is 13.8 Å². The van der Waals surface area contributed by atoms with Gasteiger partial charge in [-0.05, 0) is 18.2 Å². The summed E-state index contributed by atoms with van der Waals surface area (Å²) in [5.41, 5.74) is 0. The molecule has 70 valence electrons. The summed E-state index contributed by atoms with van der Waals surface area (Å²) in [5, 5.41) is -0.289. The van der Waals surface area contributed by atoms with Crippen LogP contribution in [-0.2, 0) is 9.59 Å². The molecule has 14 heavy (non-hydrogen) atoms. The SMILES string of the molecule is O=C1N=c2ccc(F)cc2=C(F)C1=O. The van der Waals surface area contributed by atoms with Crippen molar-refractivity contribution in [1.82, 2.24) is 0 Å². The summed E-state index contributed by atoms with van der Waals surface area (Å²) in [6.07, 6.45) is 0. The zero-order valence-corrected chi connectivity index (χ0v) is 6.75. The van der Waals surface area contributed by atoms with Gasteiger partial charge in [-0.15, -0.1) is 0 Å². The second-order valence-electron chi connectivity index (χ2n) is 2.72. The minimum atomic E-state index is -1.33. The minimum absolute atomic E-state index is 0.0199. The van der Waals surface area contributed by atoms with Crippen molar-refractivity contribution in [3.05, 3.63) is 34.6 Å². The number of carbonyl (C=O) groups excluding carboxylic acids is 2. The smallest absolute Gasteiger partial charge is 0.280 e. The fourth-order valence-corrected chi connectivity index (χ4v) is 1.16. The lowest BCUT2D eigenvalue weighted by molar-refractivity contribution is -0.133. The Kier molecular flexibility index (Phi) is 1.73. The predicted molar refractivity (Wildman–Crippen MR) is 41.7 cm³/mol. The largest absolute Gasteiger partial charge is 0.321 e. The molecule has 5 heteroatoms. The van der Waals surface area contributed by atoms with E-state index in [-0.39, 0.29) is 10.6 Å². The summed E-state index contributed by atoms with van der Waals surface area (Å²) >= 11 is 0. The molecule has 0 unspecified atom stereocenters. The number of carbonyl (C=O) groups is 2. The van der Waals surface area contributed by atoms with Gasteiger partial charge in [0.25, 0.3) is 5.78 Å². The van der Waals surface area contributed by atoms with E-state index in [0.717, 1.165) is 18.2 Å². The highest BCUT2D eigenvalue weighted by atomic mass is 19.1. The van der Waals surface area contributed by atoms with Crippen LogP contribution in [0.1, 0.15) is 0 Å². The highest BCUT2D eigenvalue weighted by Gasteiger charge is 2.23. The summed E-state index contributed by atoms with van der Waals surface area (Å²) in [6, 6.07) is 3.02. The molecule has 0 N–H and O–H groups in total. The molecule has 3 nitrogen and oxygen atoms in total. The number of amides is 1. The van der Waals surface area contributed by atoms with Gasteiger partial charge >= 0.3 is 5.91 Å². The Morgan fingerprint density at radius 2 is 1.86 bits per heavy atom. The first-order valence-electron chi connectivity index (χ1n) is 3.72. The molecule has 0 radical (unpaired) electrons. The molecule has 0 fully saturated rings. The molecule has 0 atom stereocenters. The van der Waals surface area contributed by atoms with E-state index in [1.54, 1.807) is 0 Å². The third-order valence-electron chi connectivity index (χ3n) is 1.81. The van der Waals surface area contributed by atoms with E-state index in [4.69, 9.17) is 0 Å². The van der Waals surface area contributed by atoms with Crippen LogP contribution in [0.5, 0.6) is 0 Å². The van der Waals surface area contributed by atoms with Crippen molar-refractivity contribution in [2.45, 2.75) is 0 Å². The minimum Gasteiger partial charge on any atom is -0.280 e. The molecule has 2 rings (SSSR count). The standard InChI is InChI=1S/C9H3F2NO2/c10-4-1-2-6-5(3-4)7(11)8(13)9(14)12-6/h1-3H. The van der Waals surface area contributed by atoms with Gasteiger partial charge in [-0.1, -0.05) is 0 Å². The Morgan fingerprint density at radius 3 is 2.57 bits per heavy atom. The predicted octanol–water partition coefficient (Wildman–Crippen LogP) is -0.368. The van der Waals surface area contributed by atoms with Crippen LogP contribution in [0.2, 0.25) is 0 Å². The van der Waals surface area contributed by atoms with Gasteiger partial charge < -0.3 is 0 Å². The van der Waals surface area contributed by atoms with Gasteiger partial charge in [0, 0.05) is 5.22 Å². The number of hydrogen-bond acceptors (Lipinski definition) is 2. The van der Waals surface area contributed by atoms with Crippen LogP contribution < -0.4 is 10.6 Å². The number of Topliss-reactive ketones (excluding diaryl/α,β-unsaturated/α-hetero) is 1. The molecule has 0 aromatic heterocycles. The summed E-state index contributed by atoms with van der Waals surface area (Å²) in [5.74, 6) is -4.43. The van der Waals surface area contributed by atoms with Crippen LogP contribution in [-0.4, -0.2) is 11.7 Å². The molecular weight excluding hydrogens is 192 g/mol. The highest BCUT2D eigenvalue weighted by Crippen LogP contribution is 2.01. The van der Waals surface area contributed by atoms with Crippen molar-refractivity contribution in [2.24, 2.45) is 4.99 Å². The van der Waals surface area contributed by atoms with Crippen LogP contribution in [0, 0.1) is 5.82 Å². The van der Waals surface area contributed by atoms with Crippen LogP contribution in [0.15, 0.2) is 23.2 Å². The van der Waals surface area contributed by atoms with E-state index in [1.165, 1.54) is 0 Å². The molecule has 1 aromatic rings. The molecule has 0 saturated heterocycles. The van der Waals surface area contributed by atoms with Gasteiger partial charge in [-0.2, -0.15) is 0 Å². The number of nitrogens with zero attached hydrogens (tertiary/aromatic N) is 1. The third kappa shape index (κ3) is 1.14. The van der Waals surface area contributed by atoms with Crippen molar-refractivity contribution >= 4 is 17.5 Å². The van der Waals surface area contributed by atoms with E-state index in [0.29, 0.717) is 0 Å². The molecule has 1 amide bonds. The lowest BCUT2D eigenvalue weighted by Crippen LogP contribution is -2.36. The topological polar surface area (TPSA) is 46.5 Å². The molecule has 1 aliphatic rings. The summed E-state index contributed by atoms with van der Waals surface area (Å²) in [6.45, 7) is 0. The summed E-state index contributed by atoms with van der Waals surface area (Å²) in [4.78, 5) is 24.9. The molecule has 0 saturated carbocycles. The fraction of sp³-hybridized carbons (Fsp3) is 0. The molecule has 1 heterocycles. The van der Waals surface area contributed by atoms with Crippen molar-refractivity contribution in [1.29, 1.82) is 0 Å². The van der Waals surface area contributed by atoms with Gasteiger partial charge in [0.15, 0.2) is 5.83 Å². The quantitative estimate of drug-likeness (QED) is 0.530. The van der Waals surface area contributed by atoms with Crippen molar-refractivity contribution < 1.29 is 18.4 Å². The Morgan fingerprint density at radius 1 is 1.14 bits per heavy atom. The van der Waals surface area contributed by atoms with Crippen LogP contribution in [0.25, 0.3) is 5.83 Å². The molecule has 1 aromatic carbocycles. The fourth-order valence-electron chi connectivity index (χ4n) is 1.16. The number of fused-ring (bicyclic) bond motifs is 1. The second-order valence-corrected chi connectivity index (χ2v) is 2.72. The molecule has 0 bridgehead atoms. The number of benzene rings is 1. The Hall–Kier alpha value is -1.91. The van der Waals surface area contributed by atoms with Gasteiger partial charge in [0.05, 0.1) is 5.36 Å². The van der Waals surface area contributed by atoms with Crippen LogP contribution in [0.3, 0.4) is 0 Å². The number of hydrogen-bond donors (Lipinski definition) is 0.